The van der Waals surface area contributed by atoms with Crippen LogP contribution in [0.15, 0.2) is 24.5 Å². The van der Waals surface area contributed by atoms with Crippen LogP contribution in [0, 0.1) is 0 Å². The fraction of sp³-hybridized carbons (Fsp3) is 0.364. The van der Waals surface area contributed by atoms with Crippen molar-refractivity contribution in [3.05, 3.63) is 30.4 Å². The number of nitrogens with zero attached hydrogens (tertiary/aromatic N) is 4. The van der Waals surface area contributed by atoms with Crippen LogP contribution in [0.25, 0.3) is 11.4 Å². The molecule has 0 saturated carbocycles. The van der Waals surface area contributed by atoms with E-state index in [0.717, 1.165) is 30.2 Å². The molecule has 0 aromatic carbocycles. The van der Waals surface area contributed by atoms with Gasteiger partial charge in [-0.25, -0.2) is 9.67 Å². The van der Waals surface area contributed by atoms with Crippen molar-refractivity contribution in [3.8, 4) is 11.4 Å². The summed E-state index contributed by atoms with van der Waals surface area (Å²) in [6.07, 6.45) is 7.06. The van der Waals surface area contributed by atoms with Crippen LogP contribution in [0.5, 0.6) is 0 Å². The van der Waals surface area contributed by atoms with Crippen molar-refractivity contribution in [3.63, 3.8) is 0 Å². The molecule has 0 spiro atoms. The maximum atomic E-state index is 4.53. The summed E-state index contributed by atoms with van der Waals surface area (Å²) in [5.74, 6) is 1.92. The van der Waals surface area contributed by atoms with Crippen LogP contribution < -0.4 is 0 Å². The average molecular weight is 200 g/mol. The quantitative estimate of drug-likeness (QED) is 0.703. The van der Waals surface area contributed by atoms with E-state index in [4.69, 9.17) is 0 Å². The van der Waals surface area contributed by atoms with Crippen molar-refractivity contribution in [2.75, 3.05) is 0 Å². The molecule has 0 radical (unpaired) electrons. The van der Waals surface area contributed by atoms with Gasteiger partial charge in [0, 0.05) is 30.9 Å². The van der Waals surface area contributed by atoms with Gasteiger partial charge in [-0.1, -0.05) is 0 Å². The first-order chi connectivity index (χ1) is 7.43. The van der Waals surface area contributed by atoms with Gasteiger partial charge < -0.3 is 0 Å². The number of aryl methyl sites for hydroxylation is 2. The summed E-state index contributed by atoms with van der Waals surface area (Å²) in [5, 5.41) is 4.49. The molecule has 2 aromatic heterocycles. The van der Waals surface area contributed by atoms with Crippen molar-refractivity contribution >= 4 is 0 Å². The largest absolute Gasteiger partial charge is 0.264 e. The monoisotopic (exact) mass is 200 g/mol. The Morgan fingerprint density at radius 2 is 2.27 bits per heavy atom. The molecule has 3 heterocycles. The molecule has 2 aromatic rings. The van der Waals surface area contributed by atoms with Gasteiger partial charge >= 0.3 is 0 Å². The molecular weight excluding hydrogens is 188 g/mol. The lowest BCUT2D eigenvalue weighted by Gasteiger charge is -2.09. The highest BCUT2D eigenvalue weighted by atomic mass is 15.3. The summed E-state index contributed by atoms with van der Waals surface area (Å²) in [6.45, 7) is 1.00. The van der Waals surface area contributed by atoms with E-state index in [1.54, 1.807) is 12.4 Å². The summed E-state index contributed by atoms with van der Waals surface area (Å²) >= 11 is 0. The lowest BCUT2D eigenvalue weighted by molar-refractivity contribution is 0.480. The average Bonchev–Trinajstić information content (AvgIpc) is 2.74. The Morgan fingerprint density at radius 1 is 1.27 bits per heavy atom. The molecular formula is C11H12N4. The maximum absolute atomic E-state index is 4.53. The Balaban J connectivity index is 2.03. The normalized spacial score (nSPS) is 14.9. The number of pyridine rings is 1. The van der Waals surface area contributed by atoms with Crippen molar-refractivity contribution < 1.29 is 0 Å². The second-order valence-corrected chi connectivity index (χ2v) is 3.77. The van der Waals surface area contributed by atoms with E-state index in [2.05, 4.69) is 15.1 Å². The van der Waals surface area contributed by atoms with E-state index in [0.29, 0.717) is 0 Å². The van der Waals surface area contributed by atoms with Crippen molar-refractivity contribution in [1.29, 1.82) is 0 Å². The van der Waals surface area contributed by atoms with E-state index in [1.807, 2.05) is 16.8 Å². The summed E-state index contributed by atoms with van der Waals surface area (Å²) in [5.41, 5.74) is 0.999. The van der Waals surface area contributed by atoms with E-state index in [-0.39, 0.29) is 0 Å². The Kier molecular flexibility index (Phi) is 1.98. The highest BCUT2D eigenvalue weighted by Gasteiger charge is 2.14. The smallest absolute Gasteiger partial charge is 0.182 e. The molecule has 0 bridgehead atoms. The van der Waals surface area contributed by atoms with Gasteiger partial charge in [0.25, 0.3) is 0 Å². The molecule has 0 saturated heterocycles. The molecule has 1 aliphatic rings. The Morgan fingerprint density at radius 3 is 3.07 bits per heavy atom. The van der Waals surface area contributed by atoms with E-state index in [1.165, 1.54) is 12.8 Å². The first-order valence-corrected chi connectivity index (χ1v) is 5.27. The van der Waals surface area contributed by atoms with E-state index in [9.17, 15) is 0 Å². The first-order valence-electron chi connectivity index (χ1n) is 5.27. The Hall–Kier alpha value is -1.71. The molecule has 0 atom stereocenters. The molecule has 4 nitrogen and oxygen atoms in total. The van der Waals surface area contributed by atoms with Gasteiger partial charge in [-0.2, -0.15) is 5.10 Å². The lowest BCUT2D eigenvalue weighted by atomic mass is 10.2. The van der Waals surface area contributed by atoms with E-state index < -0.39 is 0 Å². The molecule has 1 aliphatic heterocycles. The zero-order valence-electron chi connectivity index (χ0n) is 8.43. The van der Waals surface area contributed by atoms with Crippen LogP contribution in [0.4, 0.5) is 0 Å². The Labute approximate surface area is 88.0 Å². The number of hydrogen-bond acceptors (Lipinski definition) is 3. The third-order valence-corrected chi connectivity index (χ3v) is 2.69. The number of hydrogen-bond donors (Lipinski definition) is 0. The zero-order chi connectivity index (χ0) is 10.1. The minimum atomic E-state index is 0.806. The molecule has 0 unspecified atom stereocenters. The zero-order valence-corrected chi connectivity index (χ0v) is 8.43. The summed E-state index contributed by atoms with van der Waals surface area (Å²) in [7, 11) is 0. The molecule has 0 fully saturated rings. The van der Waals surface area contributed by atoms with Gasteiger partial charge in [0.1, 0.15) is 5.82 Å². The molecule has 4 heteroatoms. The van der Waals surface area contributed by atoms with Crippen LogP contribution in [0.1, 0.15) is 18.7 Å². The van der Waals surface area contributed by atoms with Gasteiger partial charge in [-0.05, 0) is 25.0 Å². The molecule has 3 rings (SSSR count). The summed E-state index contributed by atoms with van der Waals surface area (Å²) in [4.78, 5) is 8.61. The second-order valence-electron chi connectivity index (χ2n) is 3.77. The van der Waals surface area contributed by atoms with Crippen LogP contribution >= 0.6 is 0 Å². The van der Waals surface area contributed by atoms with E-state index >= 15 is 0 Å². The summed E-state index contributed by atoms with van der Waals surface area (Å²) < 4.78 is 2.02. The van der Waals surface area contributed by atoms with Gasteiger partial charge in [0.15, 0.2) is 5.82 Å². The Bertz CT molecular complexity index is 437. The molecule has 0 N–H and O–H groups in total. The van der Waals surface area contributed by atoms with Crippen molar-refractivity contribution in [2.24, 2.45) is 0 Å². The molecule has 0 aliphatic carbocycles. The first kappa shape index (κ1) is 8.59. The third-order valence-electron chi connectivity index (χ3n) is 2.69. The van der Waals surface area contributed by atoms with Crippen LogP contribution in [0.3, 0.4) is 0 Å². The topological polar surface area (TPSA) is 43.6 Å². The standard InChI is InChI=1S/C11H12N4/c1-2-7-15-10(5-1)13-11(14-15)9-4-3-6-12-8-9/h3-4,6,8H,1-2,5,7H2. The van der Waals surface area contributed by atoms with Gasteiger partial charge in [0.05, 0.1) is 0 Å². The fourth-order valence-corrected chi connectivity index (χ4v) is 1.90. The number of rotatable bonds is 1. The third kappa shape index (κ3) is 1.52. The minimum absolute atomic E-state index is 0.806. The van der Waals surface area contributed by atoms with Gasteiger partial charge in [-0.3, -0.25) is 4.98 Å². The number of fused-ring (bicyclic) bond motifs is 1. The van der Waals surface area contributed by atoms with Crippen molar-refractivity contribution in [1.82, 2.24) is 19.7 Å². The molecule has 76 valence electrons. The van der Waals surface area contributed by atoms with Gasteiger partial charge in [-0.15, -0.1) is 0 Å². The fourth-order valence-electron chi connectivity index (χ4n) is 1.90. The van der Waals surface area contributed by atoms with Crippen molar-refractivity contribution in [2.45, 2.75) is 25.8 Å². The molecule has 0 amide bonds. The minimum Gasteiger partial charge on any atom is -0.264 e. The highest BCUT2D eigenvalue weighted by Crippen LogP contribution is 2.18. The van der Waals surface area contributed by atoms with Crippen LogP contribution in [-0.2, 0) is 13.0 Å². The summed E-state index contributed by atoms with van der Waals surface area (Å²) in [6, 6.07) is 3.91. The van der Waals surface area contributed by atoms with Crippen LogP contribution in [0.2, 0.25) is 0 Å². The SMILES string of the molecule is c1cncc(-c2nc3n(n2)CCCC3)c1. The predicted octanol–water partition coefficient (Wildman–Crippen LogP) is 1.68. The lowest BCUT2D eigenvalue weighted by Crippen LogP contribution is -2.11. The van der Waals surface area contributed by atoms with Gasteiger partial charge in [0.2, 0.25) is 0 Å². The highest BCUT2D eigenvalue weighted by molar-refractivity contribution is 5.52. The number of aromatic nitrogens is 4. The maximum Gasteiger partial charge on any atom is 0.182 e. The van der Waals surface area contributed by atoms with Crippen LogP contribution in [-0.4, -0.2) is 19.7 Å². The predicted molar refractivity (Wildman–Crippen MR) is 56.2 cm³/mol. The second kappa shape index (κ2) is 3.46. The molecule has 15 heavy (non-hydrogen) atoms.